The number of sulfone groups is 1. The fourth-order valence-corrected chi connectivity index (χ4v) is 2.94. The van der Waals surface area contributed by atoms with Crippen LogP contribution in [0, 0.1) is 0 Å². The molecule has 0 saturated carbocycles. The number of hydrogen-bond acceptors (Lipinski definition) is 4. The lowest BCUT2D eigenvalue weighted by Gasteiger charge is -2.38. The normalized spacial score (nSPS) is 27.2. The van der Waals surface area contributed by atoms with Crippen LogP contribution in [0.1, 0.15) is 33.1 Å². The molecule has 0 amide bonds. The van der Waals surface area contributed by atoms with Crippen LogP contribution in [0.4, 0.5) is 0 Å². The highest BCUT2D eigenvalue weighted by atomic mass is 32.2. The Morgan fingerprint density at radius 1 is 1.41 bits per heavy atom. The lowest BCUT2D eigenvalue weighted by Crippen LogP contribution is -2.48. The van der Waals surface area contributed by atoms with Crippen LogP contribution in [-0.4, -0.2) is 57.0 Å². The van der Waals surface area contributed by atoms with Gasteiger partial charge in [0.15, 0.2) is 0 Å². The SMILES string of the molecule is CCCNC1CCN(CCS(C)(=O)=O)C(C)C1. The Morgan fingerprint density at radius 2 is 2.12 bits per heavy atom. The van der Waals surface area contributed by atoms with Crippen molar-refractivity contribution in [3.63, 3.8) is 0 Å². The minimum Gasteiger partial charge on any atom is -0.314 e. The monoisotopic (exact) mass is 262 g/mol. The average Bonchev–Trinajstić information content (AvgIpc) is 2.23. The molecule has 1 N–H and O–H groups in total. The number of nitrogens with one attached hydrogen (secondary N) is 1. The molecule has 1 saturated heterocycles. The molecule has 0 aromatic carbocycles. The highest BCUT2D eigenvalue weighted by Gasteiger charge is 2.25. The van der Waals surface area contributed by atoms with Crippen molar-refractivity contribution in [2.75, 3.05) is 31.6 Å². The van der Waals surface area contributed by atoms with E-state index in [4.69, 9.17) is 0 Å². The number of rotatable bonds is 6. The van der Waals surface area contributed by atoms with Gasteiger partial charge in [0.05, 0.1) is 5.75 Å². The Morgan fingerprint density at radius 3 is 2.65 bits per heavy atom. The molecule has 0 aromatic rings. The molecule has 2 unspecified atom stereocenters. The predicted octanol–water partition coefficient (Wildman–Crippen LogP) is 0.884. The van der Waals surface area contributed by atoms with E-state index in [1.165, 1.54) is 12.7 Å². The highest BCUT2D eigenvalue weighted by molar-refractivity contribution is 7.90. The summed E-state index contributed by atoms with van der Waals surface area (Å²) in [6.07, 6.45) is 4.74. The van der Waals surface area contributed by atoms with Crippen molar-refractivity contribution in [2.24, 2.45) is 0 Å². The van der Waals surface area contributed by atoms with Crippen molar-refractivity contribution in [3.05, 3.63) is 0 Å². The maximum Gasteiger partial charge on any atom is 0.148 e. The smallest absolute Gasteiger partial charge is 0.148 e. The maximum absolute atomic E-state index is 11.1. The summed E-state index contributed by atoms with van der Waals surface area (Å²) >= 11 is 0. The van der Waals surface area contributed by atoms with Crippen LogP contribution in [0.2, 0.25) is 0 Å². The number of nitrogens with zero attached hydrogens (tertiary/aromatic N) is 1. The lowest BCUT2D eigenvalue weighted by atomic mass is 9.98. The minimum absolute atomic E-state index is 0.282. The van der Waals surface area contributed by atoms with E-state index in [0.29, 0.717) is 18.6 Å². The molecule has 2 atom stereocenters. The standard InChI is InChI=1S/C12H26N2O2S/c1-4-6-13-12-5-7-14(11(2)10-12)8-9-17(3,15)16/h11-13H,4-10H2,1-3H3. The zero-order valence-corrected chi connectivity index (χ0v) is 12.1. The lowest BCUT2D eigenvalue weighted by molar-refractivity contribution is 0.144. The second-order valence-corrected chi connectivity index (χ2v) is 7.45. The van der Waals surface area contributed by atoms with Gasteiger partial charge in [0.2, 0.25) is 0 Å². The highest BCUT2D eigenvalue weighted by Crippen LogP contribution is 2.17. The summed E-state index contributed by atoms with van der Waals surface area (Å²) in [7, 11) is -2.83. The molecule has 5 heteroatoms. The Hall–Kier alpha value is -0.130. The first-order valence-corrected chi connectivity index (χ1v) is 8.63. The van der Waals surface area contributed by atoms with E-state index >= 15 is 0 Å². The van der Waals surface area contributed by atoms with Crippen molar-refractivity contribution < 1.29 is 8.42 Å². The molecule has 1 fully saturated rings. The van der Waals surface area contributed by atoms with Gasteiger partial charge < -0.3 is 5.32 Å². The molecule has 102 valence electrons. The summed E-state index contributed by atoms with van der Waals surface area (Å²) in [5, 5.41) is 3.55. The fraction of sp³-hybridized carbons (Fsp3) is 1.00. The van der Waals surface area contributed by atoms with E-state index in [9.17, 15) is 8.42 Å². The van der Waals surface area contributed by atoms with E-state index in [1.54, 1.807) is 0 Å². The summed E-state index contributed by atoms with van der Waals surface area (Å²) in [6.45, 7) is 7.15. The maximum atomic E-state index is 11.1. The van der Waals surface area contributed by atoms with Crippen LogP contribution < -0.4 is 5.32 Å². The van der Waals surface area contributed by atoms with E-state index in [-0.39, 0.29) is 5.75 Å². The van der Waals surface area contributed by atoms with E-state index in [2.05, 4.69) is 24.1 Å². The quantitative estimate of drug-likeness (QED) is 0.772. The second-order valence-electron chi connectivity index (χ2n) is 5.19. The van der Waals surface area contributed by atoms with Crippen molar-refractivity contribution in [1.82, 2.24) is 10.2 Å². The molecular formula is C12H26N2O2S. The van der Waals surface area contributed by atoms with Crippen molar-refractivity contribution >= 4 is 9.84 Å². The first-order chi connectivity index (χ1) is 7.92. The predicted molar refractivity (Wildman–Crippen MR) is 72.1 cm³/mol. The van der Waals surface area contributed by atoms with Gasteiger partial charge in [0.1, 0.15) is 9.84 Å². The molecule has 4 nitrogen and oxygen atoms in total. The molecule has 0 aromatic heterocycles. The largest absolute Gasteiger partial charge is 0.314 e. The van der Waals surface area contributed by atoms with Gasteiger partial charge in [-0.25, -0.2) is 8.42 Å². The van der Waals surface area contributed by atoms with E-state index < -0.39 is 9.84 Å². The van der Waals surface area contributed by atoms with Crippen molar-refractivity contribution in [3.8, 4) is 0 Å². The van der Waals surface area contributed by atoms with Crippen LogP contribution in [-0.2, 0) is 9.84 Å². The number of hydrogen-bond donors (Lipinski definition) is 1. The average molecular weight is 262 g/mol. The Labute approximate surface area is 106 Å². The Kier molecular flexibility index (Phi) is 5.89. The molecule has 1 rings (SSSR count). The van der Waals surface area contributed by atoms with Crippen LogP contribution >= 0.6 is 0 Å². The summed E-state index contributed by atoms with van der Waals surface area (Å²) < 4.78 is 22.3. The molecule has 0 radical (unpaired) electrons. The van der Waals surface area contributed by atoms with Crippen molar-refractivity contribution in [2.45, 2.75) is 45.2 Å². The molecule has 17 heavy (non-hydrogen) atoms. The second kappa shape index (κ2) is 6.71. The summed E-state index contributed by atoms with van der Waals surface area (Å²) in [6, 6.07) is 1.10. The third-order valence-corrected chi connectivity index (χ3v) is 4.37. The summed E-state index contributed by atoms with van der Waals surface area (Å²) in [5.41, 5.74) is 0. The molecule has 1 heterocycles. The van der Waals surface area contributed by atoms with E-state index in [0.717, 1.165) is 25.9 Å². The van der Waals surface area contributed by atoms with Gasteiger partial charge >= 0.3 is 0 Å². The number of piperidine rings is 1. The molecule has 0 aliphatic carbocycles. The molecule has 0 spiro atoms. The van der Waals surface area contributed by atoms with Gasteiger partial charge in [0, 0.05) is 24.9 Å². The third-order valence-electron chi connectivity index (χ3n) is 3.45. The first kappa shape index (κ1) is 14.9. The third kappa shape index (κ3) is 5.84. The molecular weight excluding hydrogens is 236 g/mol. The van der Waals surface area contributed by atoms with Gasteiger partial charge in [-0.2, -0.15) is 0 Å². The molecule has 1 aliphatic heterocycles. The first-order valence-electron chi connectivity index (χ1n) is 6.57. The zero-order valence-electron chi connectivity index (χ0n) is 11.3. The fourth-order valence-electron chi connectivity index (χ4n) is 2.37. The Balaban J connectivity index is 2.32. The molecule has 1 aliphatic rings. The summed E-state index contributed by atoms with van der Waals surface area (Å²) in [5.74, 6) is 0.282. The zero-order chi connectivity index (χ0) is 12.9. The van der Waals surface area contributed by atoms with Gasteiger partial charge in [-0.15, -0.1) is 0 Å². The van der Waals surface area contributed by atoms with Crippen LogP contribution in [0.3, 0.4) is 0 Å². The van der Waals surface area contributed by atoms with Crippen LogP contribution in [0.15, 0.2) is 0 Å². The van der Waals surface area contributed by atoms with Crippen LogP contribution in [0.5, 0.6) is 0 Å². The number of likely N-dealkylation sites (tertiary alicyclic amines) is 1. The Bertz CT molecular complexity index is 316. The summed E-state index contributed by atoms with van der Waals surface area (Å²) in [4.78, 5) is 2.30. The van der Waals surface area contributed by atoms with Gasteiger partial charge in [-0.1, -0.05) is 6.92 Å². The van der Waals surface area contributed by atoms with Crippen LogP contribution in [0.25, 0.3) is 0 Å². The van der Waals surface area contributed by atoms with Gasteiger partial charge in [-0.05, 0) is 39.3 Å². The van der Waals surface area contributed by atoms with Gasteiger partial charge in [0.25, 0.3) is 0 Å². The molecule has 0 bridgehead atoms. The van der Waals surface area contributed by atoms with E-state index in [1.807, 2.05) is 0 Å². The minimum atomic E-state index is -2.83. The van der Waals surface area contributed by atoms with Crippen molar-refractivity contribution in [1.29, 1.82) is 0 Å². The topological polar surface area (TPSA) is 49.4 Å². The van der Waals surface area contributed by atoms with Gasteiger partial charge in [-0.3, -0.25) is 4.90 Å².